The number of hydrogen-bond acceptors (Lipinski definition) is 5. The van der Waals surface area contributed by atoms with E-state index in [-0.39, 0.29) is 16.7 Å². The van der Waals surface area contributed by atoms with Gasteiger partial charge in [0.05, 0.1) is 11.8 Å². The molecule has 10 heteroatoms. The van der Waals surface area contributed by atoms with E-state index in [1.807, 2.05) is 0 Å². The Balaban J connectivity index is 1.92. The molecule has 150 valence electrons. The van der Waals surface area contributed by atoms with Gasteiger partial charge in [-0.25, -0.2) is 9.59 Å². The zero-order valence-corrected chi connectivity index (χ0v) is 15.9. The Morgan fingerprint density at radius 1 is 1.07 bits per heavy atom. The lowest BCUT2D eigenvalue weighted by molar-refractivity contribution is 0.0697. The molecular formula is C20H15N5O5. The summed E-state index contributed by atoms with van der Waals surface area (Å²) < 4.78 is 11.3. The first-order valence-electron chi connectivity index (χ1n) is 8.95. The van der Waals surface area contributed by atoms with Crippen molar-refractivity contribution in [2.75, 3.05) is 0 Å². The van der Waals surface area contributed by atoms with Crippen LogP contribution in [0.15, 0.2) is 62.9 Å². The molecule has 4 heterocycles. The largest absolute Gasteiger partial charge is 0.478 e. The van der Waals surface area contributed by atoms with Crippen LogP contribution in [0.4, 0.5) is 0 Å². The van der Waals surface area contributed by atoms with Crippen molar-refractivity contribution >= 4 is 22.9 Å². The molecular weight excluding hydrogens is 390 g/mol. The van der Waals surface area contributed by atoms with E-state index in [2.05, 4.69) is 4.98 Å². The van der Waals surface area contributed by atoms with Gasteiger partial charge in [0, 0.05) is 26.0 Å². The first-order valence-corrected chi connectivity index (χ1v) is 8.95. The van der Waals surface area contributed by atoms with Gasteiger partial charge < -0.3 is 9.52 Å². The Morgan fingerprint density at radius 3 is 2.43 bits per heavy atom. The number of fused-ring (bicyclic) bond motifs is 3. The van der Waals surface area contributed by atoms with Gasteiger partial charge in [-0.2, -0.15) is 4.98 Å². The highest BCUT2D eigenvalue weighted by Crippen LogP contribution is 2.29. The smallest absolute Gasteiger partial charge is 0.335 e. The second-order valence-electron chi connectivity index (χ2n) is 6.84. The average Bonchev–Trinajstić information content (AvgIpc) is 3.45. The van der Waals surface area contributed by atoms with E-state index in [1.165, 1.54) is 30.0 Å². The highest BCUT2D eigenvalue weighted by molar-refractivity contribution is 5.88. The van der Waals surface area contributed by atoms with Gasteiger partial charge in [0.15, 0.2) is 16.9 Å². The summed E-state index contributed by atoms with van der Waals surface area (Å²) in [6.45, 7) is 0. The number of aryl methyl sites for hydroxylation is 1. The molecule has 30 heavy (non-hydrogen) atoms. The molecule has 1 aromatic carbocycles. The monoisotopic (exact) mass is 405 g/mol. The van der Waals surface area contributed by atoms with Gasteiger partial charge >= 0.3 is 11.7 Å². The summed E-state index contributed by atoms with van der Waals surface area (Å²) in [7, 11) is 2.97. The number of carboxylic acids is 1. The zero-order chi connectivity index (χ0) is 21.2. The van der Waals surface area contributed by atoms with Gasteiger partial charge in [-0.15, -0.1) is 0 Å². The summed E-state index contributed by atoms with van der Waals surface area (Å²) in [5, 5.41) is 9.18. The lowest BCUT2D eigenvalue weighted by atomic mass is 10.2. The third-order valence-electron chi connectivity index (χ3n) is 5.11. The van der Waals surface area contributed by atoms with Gasteiger partial charge in [-0.3, -0.25) is 22.9 Å². The van der Waals surface area contributed by atoms with Gasteiger partial charge in [0.1, 0.15) is 5.69 Å². The Morgan fingerprint density at radius 2 is 1.80 bits per heavy atom. The summed E-state index contributed by atoms with van der Waals surface area (Å²) in [6.07, 6.45) is 3.24. The maximum absolute atomic E-state index is 12.8. The lowest BCUT2D eigenvalue weighted by Gasteiger charge is -2.07. The first kappa shape index (κ1) is 17.7. The molecule has 4 aromatic heterocycles. The van der Waals surface area contributed by atoms with E-state index in [0.717, 1.165) is 4.57 Å². The minimum absolute atomic E-state index is 0.145. The Labute approximate surface area is 167 Å². The molecule has 0 atom stereocenters. The van der Waals surface area contributed by atoms with Crippen molar-refractivity contribution < 1.29 is 14.3 Å². The number of hydrogen-bond donors (Lipinski definition) is 1. The normalized spacial score (nSPS) is 11.5. The lowest BCUT2D eigenvalue weighted by Crippen LogP contribution is -2.37. The number of aromatic carboxylic acids is 1. The molecule has 0 amide bonds. The topological polar surface area (TPSA) is 117 Å². The molecule has 0 spiro atoms. The second-order valence-corrected chi connectivity index (χ2v) is 6.84. The van der Waals surface area contributed by atoms with E-state index >= 15 is 0 Å². The molecule has 0 aliphatic carbocycles. The van der Waals surface area contributed by atoms with Crippen LogP contribution < -0.4 is 11.2 Å². The molecule has 0 radical (unpaired) electrons. The summed E-state index contributed by atoms with van der Waals surface area (Å²) in [5.41, 5.74) is 0.943. The SMILES string of the molecule is Cn1c(=O)c2c(nc3n(-c4ccc(C(=O)O)cc4)c(-c4ccco4)cn23)n(C)c1=O. The second kappa shape index (κ2) is 6.08. The maximum atomic E-state index is 12.8. The fraction of sp³-hybridized carbons (Fsp3) is 0.100. The third-order valence-corrected chi connectivity index (χ3v) is 5.11. The molecule has 0 aliphatic rings. The number of furan rings is 1. The Kier molecular flexibility index (Phi) is 3.59. The molecule has 0 unspecified atom stereocenters. The van der Waals surface area contributed by atoms with Crippen molar-refractivity contribution in [2.45, 2.75) is 0 Å². The first-order chi connectivity index (χ1) is 14.4. The van der Waals surface area contributed by atoms with E-state index in [9.17, 15) is 19.5 Å². The number of carbonyl (C=O) groups is 1. The van der Waals surface area contributed by atoms with Crippen LogP contribution >= 0.6 is 0 Å². The summed E-state index contributed by atoms with van der Waals surface area (Å²) >= 11 is 0. The van der Waals surface area contributed by atoms with E-state index in [4.69, 9.17) is 4.42 Å². The van der Waals surface area contributed by atoms with Gasteiger partial charge in [0.2, 0.25) is 5.78 Å². The molecule has 0 aliphatic heterocycles. The minimum atomic E-state index is -1.03. The van der Waals surface area contributed by atoms with Crippen LogP contribution in [0, 0.1) is 0 Å². The van der Waals surface area contributed by atoms with Crippen molar-refractivity contribution in [3.8, 4) is 17.1 Å². The molecule has 0 saturated carbocycles. The molecule has 5 aromatic rings. The fourth-order valence-electron chi connectivity index (χ4n) is 3.58. The predicted octanol–water partition coefficient (Wildman–Crippen LogP) is 1.63. The van der Waals surface area contributed by atoms with Gasteiger partial charge in [0.25, 0.3) is 5.56 Å². The van der Waals surface area contributed by atoms with Gasteiger partial charge in [-0.05, 0) is 36.4 Å². The van der Waals surface area contributed by atoms with Crippen LogP contribution in [0.1, 0.15) is 10.4 Å². The number of aromatic nitrogens is 5. The molecule has 5 rings (SSSR count). The van der Waals surface area contributed by atoms with Crippen molar-refractivity contribution in [2.24, 2.45) is 14.1 Å². The standard InChI is InChI=1S/C20H15N5O5/c1-22-16-15(17(26)23(2)20(22)29)24-10-13(14-4-3-9-30-14)25(19(24)21-16)12-7-5-11(6-8-12)18(27)28/h3-10H,1-2H3,(H,27,28). The Bertz CT molecular complexity index is 1560. The number of rotatable bonds is 3. The van der Waals surface area contributed by atoms with Crippen LogP contribution in [0.25, 0.3) is 34.1 Å². The van der Waals surface area contributed by atoms with Gasteiger partial charge in [-0.1, -0.05) is 0 Å². The molecule has 0 bridgehead atoms. The fourth-order valence-corrected chi connectivity index (χ4v) is 3.58. The number of imidazole rings is 2. The van der Waals surface area contributed by atoms with Crippen molar-refractivity contribution in [1.82, 2.24) is 23.1 Å². The quantitative estimate of drug-likeness (QED) is 0.488. The minimum Gasteiger partial charge on any atom is -0.478 e. The summed E-state index contributed by atoms with van der Waals surface area (Å²) in [5.74, 6) is -0.106. The van der Waals surface area contributed by atoms with Crippen LogP contribution in [0.5, 0.6) is 0 Å². The average molecular weight is 405 g/mol. The molecule has 10 nitrogen and oxygen atoms in total. The number of benzene rings is 1. The van der Waals surface area contributed by atoms with Crippen molar-refractivity contribution in [3.63, 3.8) is 0 Å². The number of carboxylic acid groups (broad SMARTS) is 1. The summed E-state index contributed by atoms with van der Waals surface area (Å²) in [6, 6.07) is 9.77. The number of nitrogens with zero attached hydrogens (tertiary/aromatic N) is 5. The van der Waals surface area contributed by atoms with E-state index < -0.39 is 17.2 Å². The van der Waals surface area contributed by atoms with Crippen LogP contribution in [-0.4, -0.2) is 34.2 Å². The molecule has 1 N–H and O–H groups in total. The maximum Gasteiger partial charge on any atom is 0.335 e. The van der Waals surface area contributed by atoms with Crippen LogP contribution in [0.2, 0.25) is 0 Å². The van der Waals surface area contributed by atoms with Crippen LogP contribution in [0.3, 0.4) is 0 Å². The van der Waals surface area contributed by atoms with Crippen LogP contribution in [-0.2, 0) is 14.1 Å². The zero-order valence-electron chi connectivity index (χ0n) is 15.9. The highest BCUT2D eigenvalue weighted by Gasteiger charge is 2.22. The Hall–Kier alpha value is -4.34. The summed E-state index contributed by atoms with van der Waals surface area (Å²) in [4.78, 5) is 40.9. The molecule has 0 saturated heterocycles. The third kappa shape index (κ3) is 2.30. The molecule has 0 fully saturated rings. The van der Waals surface area contributed by atoms with E-state index in [1.54, 1.807) is 46.5 Å². The predicted molar refractivity (Wildman–Crippen MR) is 107 cm³/mol. The van der Waals surface area contributed by atoms with Crippen molar-refractivity contribution in [1.29, 1.82) is 0 Å². The highest BCUT2D eigenvalue weighted by atomic mass is 16.4. The van der Waals surface area contributed by atoms with Crippen molar-refractivity contribution in [3.05, 3.63) is 75.3 Å². The van der Waals surface area contributed by atoms with E-state index in [0.29, 0.717) is 22.9 Å².